The van der Waals surface area contributed by atoms with Gasteiger partial charge >= 0.3 is 0 Å². The van der Waals surface area contributed by atoms with Crippen LogP contribution in [0.25, 0.3) is 77.2 Å². The quantitative estimate of drug-likeness (QED) is 0.141. The van der Waals surface area contributed by atoms with Gasteiger partial charge in [0.1, 0.15) is 0 Å². The van der Waals surface area contributed by atoms with Crippen molar-refractivity contribution in [1.29, 1.82) is 0 Å². The summed E-state index contributed by atoms with van der Waals surface area (Å²) in [4.78, 5) is 2.42. The van der Waals surface area contributed by atoms with E-state index in [-0.39, 0.29) is 0 Å². The smallest absolute Gasteiger partial charge is 0.0546 e. The molecule has 1 nitrogen and oxygen atoms in total. The zero-order valence-corrected chi connectivity index (χ0v) is 31.5. The molecule has 10 aromatic rings. The molecule has 0 amide bonds. The summed E-state index contributed by atoms with van der Waals surface area (Å²) in [5.41, 5.74) is 15.5. The Morgan fingerprint density at radius 1 is 0.228 bits per heavy atom. The summed E-state index contributed by atoms with van der Waals surface area (Å²) in [5.74, 6) is 0. The minimum atomic E-state index is 1.09. The highest BCUT2D eigenvalue weighted by molar-refractivity contribution is 6.25. The molecule has 10 aromatic carbocycles. The second kappa shape index (κ2) is 15.0. The van der Waals surface area contributed by atoms with Gasteiger partial charge in [-0.1, -0.05) is 206 Å². The molecule has 0 atom stereocenters. The van der Waals surface area contributed by atoms with Crippen molar-refractivity contribution in [2.75, 3.05) is 4.90 Å². The lowest BCUT2D eigenvalue weighted by molar-refractivity contribution is 1.30. The molecule has 0 N–H and O–H groups in total. The first kappa shape index (κ1) is 34.0. The fourth-order valence-corrected chi connectivity index (χ4v) is 8.58. The van der Waals surface area contributed by atoms with E-state index in [4.69, 9.17) is 0 Å². The molecule has 0 heterocycles. The van der Waals surface area contributed by atoms with E-state index < -0.39 is 0 Å². The molecular formula is C56H39N. The van der Waals surface area contributed by atoms with Crippen LogP contribution in [0.5, 0.6) is 0 Å². The molecular weight excluding hydrogens is 687 g/mol. The van der Waals surface area contributed by atoms with Crippen LogP contribution in [0, 0.1) is 0 Å². The maximum absolute atomic E-state index is 2.42. The van der Waals surface area contributed by atoms with Gasteiger partial charge in [-0.25, -0.2) is 0 Å². The Labute approximate surface area is 334 Å². The number of hydrogen-bond donors (Lipinski definition) is 0. The van der Waals surface area contributed by atoms with Crippen LogP contribution in [0.4, 0.5) is 17.1 Å². The van der Waals surface area contributed by atoms with E-state index in [2.05, 4.69) is 241 Å². The first-order chi connectivity index (χ1) is 28.3. The van der Waals surface area contributed by atoms with Crippen molar-refractivity contribution in [3.8, 4) is 55.6 Å². The van der Waals surface area contributed by atoms with Crippen molar-refractivity contribution in [3.63, 3.8) is 0 Å². The van der Waals surface area contributed by atoms with Crippen molar-refractivity contribution in [3.05, 3.63) is 237 Å². The first-order valence-electron chi connectivity index (χ1n) is 19.6. The molecule has 0 aliphatic rings. The summed E-state index contributed by atoms with van der Waals surface area (Å²) < 4.78 is 0. The van der Waals surface area contributed by atoms with Gasteiger partial charge in [-0.2, -0.15) is 0 Å². The van der Waals surface area contributed by atoms with Gasteiger partial charge in [0.05, 0.1) is 5.69 Å². The number of fused-ring (bicyclic) bond motifs is 3. The van der Waals surface area contributed by atoms with Crippen LogP contribution in [0.1, 0.15) is 0 Å². The highest BCUT2D eigenvalue weighted by Gasteiger charge is 2.23. The van der Waals surface area contributed by atoms with E-state index >= 15 is 0 Å². The van der Waals surface area contributed by atoms with Crippen molar-refractivity contribution in [2.24, 2.45) is 0 Å². The third-order valence-corrected chi connectivity index (χ3v) is 11.1. The maximum atomic E-state index is 2.42. The van der Waals surface area contributed by atoms with E-state index in [1.54, 1.807) is 0 Å². The van der Waals surface area contributed by atoms with Gasteiger partial charge in [0, 0.05) is 16.8 Å². The Bertz CT molecular complexity index is 2960. The highest BCUT2D eigenvalue weighted by atomic mass is 15.1. The number of hydrogen-bond acceptors (Lipinski definition) is 1. The lowest BCUT2D eigenvalue weighted by Crippen LogP contribution is -2.10. The minimum absolute atomic E-state index is 1.09. The van der Waals surface area contributed by atoms with E-state index in [0.717, 1.165) is 17.1 Å². The largest absolute Gasteiger partial charge is 0.310 e. The van der Waals surface area contributed by atoms with Crippen LogP contribution in [-0.2, 0) is 0 Å². The fourth-order valence-electron chi connectivity index (χ4n) is 8.58. The summed E-state index contributed by atoms with van der Waals surface area (Å²) >= 11 is 0. The van der Waals surface area contributed by atoms with Gasteiger partial charge in [0.2, 0.25) is 0 Å². The molecule has 0 fully saturated rings. The van der Waals surface area contributed by atoms with Crippen LogP contribution >= 0.6 is 0 Å². The van der Waals surface area contributed by atoms with Gasteiger partial charge < -0.3 is 4.90 Å². The average molecular weight is 726 g/mol. The zero-order valence-electron chi connectivity index (χ0n) is 31.5. The second-order valence-corrected chi connectivity index (χ2v) is 14.4. The normalized spacial score (nSPS) is 11.2. The van der Waals surface area contributed by atoms with Crippen molar-refractivity contribution in [2.45, 2.75) is 0 Å². The van der Waals surface area contributed by atoms with Crippen molar-refractivity contribution in [1.82, 2.24) is 0 Å². The number of rotatable bonds is 8. The molecule has 57 heavy (non-hydrogen) atoms. The van der Waals surface area contributed by atoms with Gasteiger partial charge in [-0.15, -0.1) is 0 Å². The third kappa shape index (κ3) is 6.26. The molecule has 0 unspecified atom stereocenters. The molecule has 0 saturated heterocycles. The second-order valence-electron chi connectivity index (χ2n) is 14.4. The SMILES string of the molecule is c1ccc(-c2cccc(-c3ccc(N(c4ccccc4)c4cccc5c(-c6ccccc6)c(-c6ccccc6)c6ccccc6c45)cc3)c2-c2ccccc2)cc1. The predicted octanol–water partition coefficient (Wildman–Crippen LogP) is 15.8. The van der Waals surface area contributed by atoms with Crippen LogP contribution in [-0.4, -0.2) is 0 Å². The number of anilines is 3. The van der Waals surface area contributed by atoms with Gasteiger partial charge in [0.15, 0.2) is 0 Å². The number of nitrogens with zero attached hydrogens (tertiary/aromatic N) is 1. The van der Waals surface area contributed by atoms with Crippen LogP contribution in [0.2, 0.25) is 0 Å². The molecule has 10 rings (SSSR count). The molecule has 0 aliphatic carbocycles. The lowest BCUT2D eigenvalue weighted by atomic mass is 9.84. The molecule has 0 bridgehead atoms. The molecule has 0 spiro atoms. The van der Waals surface area contributed by atoms with Gasteiger partial charge in [0.25, 0.3) is 0 Å². The van der Waals surface area contributed by atoms with Crippen LogP contribution in [0.15, 0.2) is 237 Å². The Hall–Kier alpha value is -7.48. The molecule has 1 heteroatoms. The topological polar surface area (TPSA) is 3.24 Å². The summed E-state index contributed by atoms with van der Waals surface area (Å²) in [5, 5.41) is 4.91. The molecule has 0 aromatic heterocycles. The van der Waals surface area contributed by atoms with E-state index in [9.17, 15) is 0 Å². The van der Waals surface area contributed by atoms with Crippen LogP contribution < -0.4 is 4.90 Å². The molecule has 0 saturated carbocycles. The van der Waals surface area contributed by atoms with Crippen molar-refractivity contribution < 1.29 is 0 Å². The van der Waals surface area contributed by atoms with E-state index in [0.29, 0.717) is 0 Å². The Balaban J connectivity index is 1.20. The number of para-hydroxylation sites is 1. The highest BCUT2D eigenvalue weighted by Crippen LogP contribution is 2.49. The lowest BCUT2D eigenvalue weighted by Gasteiger charge is -2.29. The third-order valence-electron chi connectivity index (χ3n) is 11.1. The maximum Gasteiger partial charge on any atom is 0.0546 e. The molecule has 0 aliphatic heterocycles. The molecule has 0 radical (unpaired) electrons. The predicted molar refractivity (Wildman–Crippen MR) is 243 cm³/mol. The standard InChI is InChI=1S/C56H39N/c1-6-20-40(21-7-1)47-32-18-33-48(53(47)42-22-8-2-9-23-42)41-36-38-46(39-37-41)57(45-28-14-5-15-29-45)52-35-19-34-51-55(44-26-12-4-13-27-44)54(43-24-10-3-11-25-43)49-30-16-17-31-50(49)56(51)52/h1-39H. The Morgan fingerprint density at radius 2 is 0.614 bits per heavy atom. The summed E-state index contributed by atoms with van der Waals surface area (Å²) in [6.07, 6.45) is 0. The average Bonchev–Trinajstić information content (AvgIpc) is 3.30. The number of benzene rings is 10. The van der Waals surface area contributed by atoms with E-state index in [1.807, 2.05) is 0 Å². The van der Waals surface area contributed by atoms with Gasteiger partial charge in [-0.3, -0.25) is 0 Å². The Morgan fingerprint density at radius 3 is 1.18 bits per heavy atom. The van der Waals surface area contributed by atoms with Crippen molar-refractivity contribution >= 4 is 38.6 Å². The van der Waals surface area contributed by atoms with Crippen LogP contribution in [0.3, 0.4) is 0 Å². The minimum Gasteiger partial charge on any atom is -0.310 e. The summed E-state index contributed by atoms with van der Waals surface area (Å²) in [7, 11) is 0. The fraction of sp³-hybridized carbons (Fsp3) is 0. The van der Waals surface area contributed by atoms with E-state index in [1.165, 1.54) is 77.2 Å². The first-order valence-corrected chi connectivity index (χ1v) is 19.6. The molecule has 268 valence electrons. The summed E-state index contributed by atoms with van der Waals surface area (Å²) in [6, 6.07) is 85.5. The van der Waals surface area contributed by atoms with Gasteiger partial charge in [-0.05, 0) is 102 Å². The zero-order chi connectivity index (χ0) is 38.0. The monoisotopic (exact) mass is 725 g/mol. The summed E-state index contributed by atoms with van der Waals surface area (Å²) in [6.45, 7) is 0. The Kier molecular flexibility index (Phi) is 8.95.